The van der Waals surface area contributed by atoms with Gasteiger partial charge in [0.25, 0.3) is 0 Å². The van der Waals surface area contributed by atoms with Gasteiger partial charge in [-0.3, -0.25) is 9.46 Å². The fraction of sp³-hybridized carbons (Fsp3) is 0.510. The van der Waals surface area contributed by atoms with E-state index < -0.39 is 19.9 Å². The highest BCUT2D eigenvalue weighted by Crippen LogP contribution is 2.38. The molecular weight excluding hydrogens is 814 g/mol. The third-order valence-electron chi connectivity index (χ3n) is 11.4. The number of unbranched alkanes of at least 4 members (excludes halogenated alkanes) is 4. The van der Waals surface area contributed by atoms with E-state index >= 15 is 0 Å². The first kappa shape index (κ1) is 51.7. The number of carbonyl (C=O) groups excluding carboxylic acids is 1. The minimum Gasteiger partial charge on any atom is -0.746 e. The number of benzene rings is 4. The molecule has 63 heavy (non-hydrogen) atoms. The molecule has 0 fully saturated rings. The van der Waals surface area contributed by atoms with Crippen molar-refractivity contribution in [2.45, 2.75) is 117 Å². The number of nitrogens with one attached hydrogen (secondary N) is 1. The number of aliphatic hydroxyl groups excluding tert-OH is 1. The molecule has 3 unspecified atom stereocenters. The van der Waals surface area contributed by atoms with E-state index in [1.807, 2.05) is 57.4 Å². The van der Waals surface area contributed by atoms with E-state index in [9.17, 15) is 24.3 Å². The molecule has 0 bridgehead atoms. The van der Waals surface area contributed by atoms with Crippen LogP contribution >= 0.6 is 7.82 Å². The molecule has 11 nitrogen and oxygen atoms in total. The lowest BCUT2D eigenvalue weighted by Crippen LogP contribution is -2.44. The van der Waals surface area contributed by atoms with Gasteiger partial charge < -0.3 is 38.7 Å². The van der Waals surface area contributed by atoms with Gasteiger partial charge in [0, 0.05) is 48.9 Å². The van der Waals surface area contributed by atoms with E-state index in [1.54, 1.807) is 12.1 Å². The number of likely N-dealkylation sites (N-methyl/N-ethyl adjacent to an activating group) is 1. The van der Waals surface area contributed by atoms with Crippen LogP contribution in [0.15, 0.2) is 97.1 Å². The van der Waals surface area contributed by atoms with Crippen LogP contribution in [0.2, 0.25) is 0 Å². The maximum Gasteiger partial charge on any atom is 0.367 e. The molecule has 346 valence electrons. The Bertz CT molecular complexity index is 1980. The molecule has 0 saturated heterocycles. The van der Waals surface area contributed by atoms with Crippen molar-refractivity contribution in [2.75, 3.05) is 53.5 Å². The van der Waals surface area contributed by atoms with Gasteiger partial charge in [-0.1, -0.05) is 97.3 Å². The molecule has 3 atom stereocenters. The van der Waals surface area contributed by atoms with Crippen molar-refractivity contribution in [3.05, 3.63) is 130 Å². The Morgan fingerprint density at radius 2 is 1.44 bits per heavy atom. The lowest BCUT2D eigenvalue weighted by atomic mass is 9.86. The fourth-order valence-electron chi connectivity index (χ4n) is 8.22. The zero-order chi connectivity index (χ0) is 45.8. The predicted octanol–water partition coefficient (Wildman–Crippen LogP) is 8.88. The first-order valence-electron chi connectivity index (χ1n) is 22.8. The predicted molar refractivity (Wildman–Crippen MR) is 251 cm³/mol. The van der Waals surface area contributed by atoms with Gasteiger partial charge in [0.1, 0.15) is 18.0 Å². The monoisotopic (exact) mass is 888 g/mol. The summed E-state index contributed by atoms with van der Waals surface area (Å²) in [6.07, 6.45) is 7.33. The third-order valence-corrected chi connectivity index (χ3v) is 11.8. The van der Waals surface area contributed by atoms with Crippen LogP contribution in [-0.4, -0.2) is 90.9 Å². The van der Waals surface area contributed by atoms with Gasteiger partial charge in [0.2, 0.25) is 0 Å². The van der Waals surface area contributed by atoms with Crippen LogP contribution in [0.3, 0.4) is 0 Å². The Labute approximate surface area is 377 Å². The van der Waals surface area contributed by atoms with Crippen LogP contribution in [0.1, 0.15) is 118 Å². The summed E-state index contributed by atoms with van der Waals surface area (Å²) in [5.41, 5.74) is 5.48. The SMILES string of the molecule is Cc1ccc(OC(=O)C[N+](C)(C)Cc2cc(C(O)CNCCCCCCOCCCCc3ccccc3)ccc2OP(=O)([O-])O)c(C(CCN(C(C)C)C(C)C)c2ccccc2)c1. The fourth-order valence-corrected chi connectivity index (χ4v) is 8.65. The molecule has 0 aromatic heterocycles. The Morgan fingerprint density at radius 3 is 2.11 bits per heavy atom. The summed E-state index contributed by atoms with van der Waals surface area (Å²) < 4.78 is 28.9. The number of quaternary nitrogens is 1. The molecule has 0 aliphatic rings. The zero-order valence-electron chi connectivity index (χ0n) is 38.8. The maximum absolute atomic E-state index is 13.8. The summed E-state index contributed by atoms with van der Waals surface area (Å²) in [5.74, 6) is -0.0377. The molecule has 0 spiro atoms. The molecule has 0 aliphatic carbocycles. The van der Waals surface area contributed by atoms with E-state index in [0.29, 0.717) is 35.5 Å². The molecule has 12 heteroatoms. The molecule has 0 radical (unpaired) electrons. The van der Waals surface area contributed by atoms with Crippen LogP contribution in [0.25, 0.3) is 0 Å². The molecule has 0 aliphatic heterocycles. The minimum atomic E-state index is -5.15. The van der Waals surface area contributed by atoms with E-state index in [1.165, 1.54) is 11.6 Å². The number of aliphatic hydroxyl groups is 1. The number of ether oxygens (including phenoxy) is 2. The number of nitrogens with zero attached hydrogens (tertiary/aromatic N) is 2. The van der Waals surface area contributed by atoms with Crippen molar-refractivity contribution >= 4 is 13.8 Å². The van der Waals surface area contributed by atoms with Crippen molar-refractivity contribution in [3.63, 3.8) is 0 Å². The average molecular weight is 888 g/mol. The Morgan fingerprint density at radius 1 is 0.810 bits per heavy atom. The molecule has 4 aromatic rings. The standard InChI is InChI=1S/C51H74N3O8P/c1-39(2)53(40(3)4)31-29-46(43-23-14-11-15-24-43)47-34-41(5)25-27-50(47)61-51(56)38-54(6,7)37-45-35-44(26-28-49(45)62-63(57,58)59)48(55)36-52-30-17-8-9-18-32-60-33-19-16-22-42-20-12-10-13-21-42/h10-15,20-21,23-28,34-35,39-40,46,48,52,55H,8-9,16-19,22,29-33,36-38H2,1-7H3,(H-,57,58,59). The Hall–Kier alpha value is -3.90. The number of aryl methyl sites for hydroxylation is 2. The van der Waals surface area contributed by atoms with Gasteiger partial charge in [-0.25, -0.2) is 4.79 Å². The second-order valence-corrected chi connectivity index (χ2v) is 19.2. The van der Waals surface area contributed by atoms with Gasteiger partial charge in [-0.05, 0) is 121 Å². The Balaban J connectivity index is 1.32. The number of phosphoric acid groups is 1. The quantitative estimate of drug-likeness (QED) is 0.0159. The summed E-state index contributed by atoms with van der Waals surface area (Å²) in [6, 6.07) is 32.2. The van der Waals surface area contributed by atoms with Crippen molar-refractivity contribution in [2.24, 2.45) is 0 Å². The smallest absolute Gasteiger partial charge is 0.367 e. The molecule has 0 amide bonds. The second-order valence-electron chi connectivity index (χ2n) is 18.1. The van der Waals surface area contributed by atoms with E-state index in [2.05, 4.69) is 80.4 Å². The third kappa shape index (κ3) is 19.0. The lowest BCUT2D eigenvalue weighted by Gasteiger charge is -2.32. The highest BCUT2D eigenvalue weighted by Gasteiger charge is 2.28. The second kappa shape index (κ2) is 26.2. The van der Waals surface area contributed by atoms with Crippen LogP contribution in [0, 0.1) is 6.92 Å². The summed E-state index contributed by atoms with van der Waals surface area (Å²) in [5, 5.41) is 14.5. The van der Waals surface area contributed by atoms with Crippen LogP contribution < -0.4 is 19.5 Å². The normalized spacial score (nSPS) is 13.9. The minimum absolute atomic E-state index is 0.0168. The molecular formula is C51H74N3O8P. The van der Waals surface area contributed by atoms with Crippen molar-refractivity contribution in [1.82, 2.24) is 10.2 Å². The first-order valence-corrected chi connectivity index (χ1v) is 24.3. The largest absolute Gasteiger partial charge is 0.746 e. The van der Waals surface area contributed by atoms with E-state index in [0.717, 1.165) is 94.4 Å². The van der Waals surface area contributed by atoms with E-state index in [-0.39, 0.29) is 29.2 Å². The number of hydrogen-bond acceptors (Lipinski definition) is 9. The number of carbonyl (C=O) groups is 1. The van der Waals surface area contributed by atoms with Crippen LogP contribution in [0.4, 0.5) is 0 Å². The highest BCUT2D eigenvalue weighted by atomic mass is 31.2. The summed E-state index contributed by atoms with van der Waals surface area (Å²) in [7, 11) is -1.48. The summed E-state index contributed by atoms with van der Waals surface area (Å²) >= 11 is 0. The molecule has 4 rings (SSSR count). The van der Waals surface area contributed by atoms with Gasteiger partial charge in [0.15, 0.2) is 6.54 Å². The van der Waals surface area contributed by atoms with Crippen LogP contribution in [0.5, 0.6) is 11.5 Å². The number of hydrogen-bond donors (Lipinski definition) is 3. The first-order chi connectivity index (χ1) is 30.0. The molecule has 3 N–H and O–H groups in total. The van der Waals surface area contributed by atoms with Gasteiger partial charge >= 0.3 is 13.8 Å². The highest BCUT2D eigenvalue weighted by molar-refractivity contribution is 7.45. The lowest BCUT2D eigenvalue weighted by molar-refractivity contribution is -0.896. The van der Waals surface area contributed by atoms with Crippen molar-refractivity contribution in [1.29, 1.82) is 0 Å². The summed E-state index contributed by atoms with van der Waals surface area (Å²) in [4.78, 5) is 37.8. The van der Waals surface area contributed by atoms with Gasteiger partial charge in [0.05, 0.1) is 20.2 Å². The Kier molecular flexibility index (Phi) is 21.5. The van der Waals surface area contributed by atoms with Gasteiger partial charge in [-0.2, -0.15) is 0 Å². The van der Waals surface area contributed by atoms with Crippen molar-refractivity contribution in [3.8, 4) is 11.5 Å². The number of rotatable bonds is 29. The number of phosphoric ester groups is 1. The average Bonchev–Trinajstić information content (AvgIpc) is 3.22. The summed E-state index contributed by atoms with van der Waals surface area (Å²) in [6.45, 7) is 14.4. The van der Waals surface area contributed by atoms with E-state index in [4.69, 9.17) is 14.0 Å². The zero-order valence-corrected chi connectivity index (χ0v) is 39.7. The molecule has 4 aromatic carbocycles. The van der Waals surface area contributed by atoms with Gasteiger partial charge in [-0.15, -0.1) is 0 Å². The van der Waals surface area contributed by atoms with Crippen LogP contribution in [-0.2, 0) is 27.1 Å². The van der Waals surface area contributed by atoms with Crippen molar-refractivity contribution < 1.29 is 42.7 Å². The molecule has 0 heterocycles. The molecule has 0 saturated carbocycles. The maximum atomic E-state index is 13.8. The number of esters is 1. The topological polar surface area (TPSA) is 141 Å².